The normalized spacial score (nSPS) is 15.4. The van der Waals surface area contributed by atoms with Crippen LogP contribution in [0.2, 0.25) is 0 Å². The molecule has 3 aromatic rings. The lowest BCUT2D eigenvalue weighted by Gasteiger charge is -2.31. The molecule has 1 saturated heterocycles. The Kier molecular flexibility index (Phi) is 7.57. The van der Waals surface area contributed by atoms with Crippen molar-refractivity contribution in [1.29, 1.82) is 0 Å². The Balaban J connectivity index is 1.17. The molecule has 2 N–H and O–H groups in total. The van der Waals surface area contributed by atoms with Crippen LogP contribution in [0.1, 0.15) is 32.1 Å². The number of hydrogen-bond acceptors (Lipinski definition) is 4. The summed E-state index contributed by atoms with van der Waals surface area (Å²) in [4.78, 5) is 16.2. The van der Waals surface area contributed by atoms with Crippen molar-refractivity contribution in [3.05, 3.63) is 67.0 Å². The number of fused-ring (bicyclic) bond motifs is 1. The SMILES string of the molecule is O=C(NCCCCC1CCN(S(=O)(=O)c2ccc3ccccc3c2)CC1)Nc1cccnc1. The Morgan fingerprint density at radius 3 is 2.55 bits per heavy atom. The molecule has 1 aliphatic rings. The highest BCUT2D eigenvalue weighted by Crippen LogP contribution is 2.28. The number of urea groups is 1. The molecule has 7 nitrogen and oxygen atoms in total. The maximum atomic E-state index is 13.1. The zero-order chi connectivity index (χ0) is 23.1. The van der Waals surface area contributed by atoms with Gasteiger partial charge in [-0.15, -0.1) is 0 Å². The number of carbonyl (C=O) groups excluding carboxylic acids is 1. The first kappa shape index (κ1) is 23.2. The van der Waals surface area contributed by atoms with Crippen LogP contribution in [-0.4, -0.2) is 43.4 Å². The van der Waals surface area contributed by atoms with Crippen molar-refractivity contribution < 1.29 is 13.2 Å². The molecule has 2 heterocycles. The van der Waals surface area contributed by atoms with Gasteiger partial charge >= 0.3 is 6.03 Å². The maximum absolute atomic E-state index is 13.1. The molecule has 0 spiro atoms. The van der Waals surface area contributed by atoms with E-state index in [0.717, 1.165) is 42.9 Å². The van der Waals surface area contributed by atoms with E-state index in [4.69, 9.17) is 0 Å². The number of unbranched alkanes of at least 4 members (excludes halogenated alkanes) is 1. The molecule has 0 saturated carbocycles. The Morgan fingerprint density at radius 2 is 1.79 bits per heavy atom. The van der Waals surface area contributed by atoms with E-state index in [1.54, 1.807) is 41.0 Å². The molecule has 1 fully saturated rings. The van der Waals surface area contributed by atoms with Gasteiger partial charge in [0, 0.05) is 25.8 Å². The van der Waals surface area contributed by atoms with Crippen molar-refractivity contribution in [3.63, 3.8) is 0 Å². The number of rotatable bonds is 8. The minimum absolute atomic E-state index is 0.227. The van der Waals surface area contributed by atoms with Crippen LogP contribution in [0.5, 0.6) is 0 Å². The van der Waals surface area contributed by atoms with Gasteiger partial charge in [-0.2, -0.15) is 4.31 Å². The van der Waals surface area contributed by atoms with Gasteiger partial charge in [0.25, 0.3) is 0 Å². The lowest BCUT2D eigenvalue weighted by atomic mass is 9.92. The number of nitrogens with zero attached hydrogens (tertiary/aromatic N) is 2. The van der Waals surface area contributed by atoms with Crippen molar-refractivity contribution in [1.82, 2.24) is 14.6 Å². The van der Waals surface area contributed by atoms with Crippen molar-refractivity contribution in [2.75, 3.05) is 25.0 Å². The van der Waals surface area contributed by atoms with Gasteiger partial charge in [0.05, 0.1) is 16.8 Å². The summed E-state index contributed by atoms with van der Waals surface area (Å²) in [6.07, 6.45) is 7.98. The van der Waals surface area contributed by atoms with E-state index < -0.39 is 10.0 Å². The number of benzene rings is 2. The Hall–Kier alpha value is -2.97. The van der Waals surface area contributed by atoms with Crippen LogP contribution in [-0.2, 0) is 10.0 Å². The molecule has 0 unspecified atom stereocenters. The zero-order valence-electron chi connectivity index (χ0n) is 18.6. The third kappa shape index (κ3) is 6.09. The van der Waals surface area contributed by atoms with Crippen LogP contribution in [0, 0.1) is 5.92 Å². The Labute approximate surface area is 195 Å². The van der Waals surface area contributed by atoms with Crippen LogP contribution in [0.3, 0.4) is 0 Å². The molecular weight excluding hydrogens is 436 g/mol. The van der Waals surface area contributed by atoms with Crippen LogP contribution in [0.25, 0.3) is 10.8 Å². The molecule has 2 amide bonds. The van der Waals surface area contributed by atoms with Gasteiger partial charge in [0.2, 0.25) is 10.0 Å². The number of carbonyl (C=O) groups is 1. The summed E-state index contributed by atoms with van der Waals surface area (Å²) in [5.41, 5.74) is 0.667. The van der Waals surface area contributed by atoms with E-state index in [1.165, 1.54) is 0 Å². The van der Waals surface area contributed by atoms with Crippen molar-refractivity contribution in [3.8, 4) is 0 Å². The molecule has 0 aliphatic carbocycles. The fourth-order valence-electron chi connectivity index (χ4n) is 4.29. The van der Waals surface area contributed by atoms with Gasteiger partial charge in [-0.25, -0.2) is 13.2 Å². The minimum atomic E-state index is -3.47. The first-order chi connectivity index (χ1) is 16.0. The number of piperidine rings is 1. The lowest BCUT2D eigenvalue weighted by molar-refractivity contribution is 0.250. The molecule has 2 aromatic carbocycles. The lowest BCUT2D eigenvalue weighted by Crippen LogP contribution is -2.38. The van der Waals surface area contributed by atoms with Gasteiger partial charge in [0.15, 0.2) is 0 Å². The number of anilines is 1. The highest BCUT2D eigenvalue weighted by Gasteiger charge is 2.29. The number of aromatic nitrogens is 1. The van der Waals surface area contributed by atoms with Crippen molar-refractivity contribution in [2.24, 2.45) is 5.92 Å². The topological polar surface area (TPSA) is 91.4 Å². The smallest absolute Gasteiger partial charge is 0.319 e. The quantitative estimate of drug-likeness (QED) is 0.474. The predicted molar refractivity (Wildman–Crippen MR) is 131 cm³/mol. The summed E-state index contributed by atoms with van der Waals surface area (Å²) in [6, 6.07) is 16.5. The first-order valence-corrected chi connectivity index (χ1v) is 12.9. The molecule has 33 heavy (non-hydrogen) atoms. The van der Waals surface area contributed by atoms with Crippen molar-refractivity contribution >= 4 is 32.5 Å². The predicted octanol–water partition coefficient (Wildman–Crippen LogP) is 4.63. The fourth-order valence-corrected chi connectivity index (χ4v) is 5.79. The Morgan fingerprint density at radius 1 is 1.00 bits per heavy atom. The van der Waals surface area contributed by atoms with Gasteiger partial charge in [0.1, 0.15) is 0 Å². The summed E-state index contributed by atoms with van der Waals surface area (Å²) in [5, 5.41) is 7.59. The van der Waals surface area contributed by atoms with Crippen LogP contribution < -0.4 is 10.6 Å². The zero-order valence-corrected chi connectivity index (χ0v) is 19.4. The van der Waals surface area contributed by atoms with Gasteiger partial charge in [-0.3, -0.25) is 4.98 Å². The van der Waals surface area contributed by atoms with E-state index in [9.17, 15) is 13.2 Å². The minimum Gasteiger partial charge on any atom is -0.338 e. The largest absolute Gasteiger partial charge is 0.338 e. The highest BCUT2D eigenvalue weighted by atomic mass is 32.2. The molecule has 174 valence electrons. The Bertz CT molecular complexity index is 1180. The van der Waals surface area contributed by atoms with Crippen LogP contribution in [0.15, 0.2) is 71.9 Å². The molecule has 1 aliphatic heterocycles. The number of sulfonamides is 1. The first-order valence-electron chi connectivity index (χ1n) is 11.5. The summed E-state index contributed by atoms with van der Waals surface area (Å²) in [6.45, 7) is 1.73. The summed E-state index contributed by atoms with van der Waals surface area (Å²) in [7, 11) is -3.47. The number of hydrogen-bond donors (Lipinski definition) is 2. The third-order valence-electron chi connectivity index (χ3n) is 6.18. The van der Waals surface area contributed by atoms with E-state index >= 15 is 0 Å². The second-order valence-corrected chi connectivity index (χ2v) is 10.4. The monoisotopic (exact) mass is 466 g/mol. The van der Waals surface area contributed by atoms with Crippen molar-refractivity contribution in [2.45, 2.75) is 37.0 Å². The van der Waals surface area contributed by atoms with Crippen LogP contribution >= 0.6 is 0 Å². The van der Waals surface area contributed by atoms with Gasteiger partial charge < -0.3 is 10.6 Å². The van der Waals surface area contributed by atoms with Gasteiger partial charge in [-0.05, 0) is 60.2 Å². The third-order valence-corrected chi connectivity index (χ3v) is 8.07. The average molecular weight is 467 g/mol. The number of amides is 2. The standard InChI is InChI=1S/C25H30N4O3S/c30-25(28-23-9-5-14-26-19-23)27-15-4-3-6-20-12-16-29(17-13-20)33(31,32)24-11-10-21-7-1-2-8-22(21)18-24/h1-2,5,7-11,14,18-20H,3-4,6,12-13,15-17H2,(H2,27,28,30). The average Bonchev–Trinajstić information content (AvgIpc) is 2.84. The summed E-state index contributed by atoms with van der Waals surface area (Å²) >= 11 is 0. The fraction of sp³-hybridized carbons (Fsp3) is 0.360. The van der Waals surface area contributed by atoms with E-state index in [2.05, 4.69) is 15.6 Å². The summed E-state index contributed by atoms with van der Waals surface area (Å²) < 4.78 is 27.8. The molecule has 1 aromatic heterocycles. The van der Waals surface area contributed by atoms with E-state index in [-0.39, 0.29) is 6.03 Å². The molecule has 4 rings (SSSR count). The van der Waals surface area contributed by atoms with E-state index in [1.807, 2.05) is 30.3 Å². The summed E-state index contributed by atoms with van der Waals surface area (Å²) in [5.74, 6) is 0.525. The number of pyridine rings is 1. The van der Waals surface area contributed by atoms with E-state index in [0.29, 0.717) is 36.1 Å². The molecule has 8 heteroatoms. The molecule has 0 bridgehead atoms. The second kappa shape index (κ2) is 10.8. The highest BCUT2D eigenvalue weighted by molar-refractivity contribution is 7.89. The molecule has 0 radical (unpaired) electrons. The maximum Gasteiger partial charge on any atom is 0.319 e. The van der Waals surface area contributed by atoms with Crippen LogP contribution in [0.4, 0.5) is 10.5 Å². The molecular formula is C25H30N4O3S. The molecule has 0 atom stereocenters. The number of nitrogens with one attached hydrogen (secondary N) is 2. The second-order valence-electron chi connectivity index (χ2n) is 8.47. The van der Waals surface area contributed by atoms with Gasteiger partial charge in [-0.1, -0.05) is 43.2 Å².